The normalized spacial score (nSPS) is 15.6. The molecule has 0 atom stereocenters. The first kappa shape index (κ1) is 14.4. The van der Waals surface area contributed by atoms with Gasteiger partial charge in [0, 0.05) is 5.56 Å². The molecule has 0 amide bonds. The Morgan fingerprint density at radius 3 is 2.29 bits per heavy atom. The van der Waals surface area contributed by atoms with Gasteiger partial charge in [0.1, 0.15) is 11.6 Å². The standard InChI is InChI=1S/C16H15ClF2N2/c1-9-13(10-5-2-3-6-10)15(16(17)21-20-9)14-11(18)7-4-8-12(14)19/h4,7-8,10H,2-3,5-6H2,1H3. The number of aromatic nitrogens is 2. The number of benzene rings is 1. The molecule has 1 aromatic carbocycles. The molecule has 0 saturated heterocycles. The lowest BCUT2D eigenvalue weighted by atomic mass is 9.89. The van der Waals surface area contributed by atoms with Gasteiger partial charge in [-0.25, -0.2) is 8.78 Å². The molecular weight excluding hydrogens is 294 g/mol. The molecule has 110 valence electrons. The number of halogens is 3. The zero-order valence-electron chi connectivity index (χ0n) is 11.7. The molecule has 5 heteroatoms. The van der Waals surface area contributed by atoms with E-state index in [4.69, 9.17) is 11.6 Å². The van der Waals surface area contributed by atoms with Crippen LogP contribution in [0.1, 0.15) is 42.9 Å². The van der Waals surface area contributed by atoms with Crippen LogP contribution in [0.25, 0.3) is 11.1 Å². The lowest BCUT2D eigenvalue weighted by Gasteiger charge is -2.19. The van der Waals surface area contributed by atoms with Crippen molar-refractivity contribution in [1.82, 2.24) is 10.2 Å². The minimum absolute atomic E-state index is 0.0616. The van der Waals surface area contributed by atoms with E-state index >= 15 is 0 Å². The quantitative estimate of drug-likeness (QED) is 0.776. The Kier molecular flexibility index (Phi) is 3.89. The highest BCUT2D eigenvalue weighted by Gasteiger charge is 2.28. The SMILES string of the molecule is Cc1nnc(Cl)c(-c2c(F)cccc2F)c1C1CCCC1. The highest BCUT2D eigenvalue weighted by atomic mass is 35.5. The summed E-state index contributed by atoms with van der Waals surface area (Å²) in [7, 11) is 0. The molecule has 0 aliphatic heterocycles. The molecule has 1 fully saturated rings. The van der Waals surface area contributed by atoms with Crippen molar-refractivity contribution in [1.29, 1.82) is 0 Å². The van der Waals surface area contributed by atoms with E-state index in [2.05, 4.69) is 10.2 Å². The molecule has 1 heterocycles. The van der Waals surface area contributed by atoms with Gasteiger partial charge in [-0.15, -0.1) is 5.10 Å². The minimum atomic E-state index is -0.622. The van der Waals surface area contributed by atoms with Crippen LogP contribution in [0.4, 0.5) is 8.78 Å². The fraction of sp³-hybridized carbons (Fsp3) is 0.375. The van der Waals surface area contributed by atoms with Gasteiger partial charge in [-0.2, -0.15) is 5.10 Å². The molecule has 0 spiro atoms. The summed E-state index contributed by atoms with van der Waals surface area (Å²) in [5.41, 5.74) is 1.81. The molecule has 1 aromatic heterocycles. The molecule has 0 N–H and O–H groups in total. The maximum Gasteiger partial charge on any atom is 0.160 e. The van der Waals surface area contributed by atoms with Crippen molar-refractivity contribution in [2.24, 2.45) is 0 Å². The highest BCUT2D eigenvalue weighted by Crippen LogP contribution is 2.43. The van der Waals surface area contributed by atoms with Gasteiger partial charge in [-0.3, -0.25) is 0 Å². The van der Waals surface area contributed by atoms with Gasteiger partial charge >= 0.3 is 0 Å². The fourth-order valence-corrected chi connectivity index (χ4v) is 3.44. The van der Waals surface area contributed by atoms with Crippen molar-refractivity contribution in [2.75, 3.05) is 0 Å². The van der Waals surface area contributed by atoms with Crippen LogP contribution in [-0.2, 0) is 0 Å². The Morgan fingerprint density at radius 2 is 1.67 bits per heavy atom. The average molecular weight is 309 g/mol. The minimum Gasteiger partial charge on any atom is -0.206 e. The molecule has 0 unspecified atom stereocenters. The first-order chi connectivity index (χ1) is 10.1. The van der Waals surface area contributed by atoms with E-state index < -0.39 is 11.6 Å². The summed E-state index contributed by atoms with van der Waals surface area (Å²) in [5.74, 6) is -1.00. The van der Waals surface area contributed by atoms with Crippen LogP contribution in [0.5, 0.6) is 0 Å². The molecule has 0 bridgehead atoms. The molecule has 2 aromatic rings. The molecular formula is C16H15ClF2N2. The van der Waals surface area contributed by atoms with E-state index in [-0.39, 0.29) is 16.6 Å². The van der Waals surface area contributed by atoms with Crippen LogP contribution < -0.4 is 0 Å². The Balaban J connectivity index is 2.28. The Labute approximate surface area is 127 Å². The monoisotopic (exact) mass is 308 g/mol. The summed E-state index contributed by atoms with van der Waals surface area (Å²) in [4.78, 5) is 0. The molecule has 3 rings (SSSR count). The second-order valence-electron chi connectivity index (χ2n) is 5.44. The lowest BCUT2D eigenvalue weighted by Crippen LogP contribution is -2.06. The number of hydrogen-bond donors (Lipinski definition) is 0. The van der Waals surface area contributed by atoms with Gasteiger partial charge in [0.25, 0.3) is 0 Å². The van der Waals surface area contributed by atoms with Crippen molar-refractivity contribution in [2.45, 2.75) is 38.5 Å². The maximum atomic E-state index is 14.2. The van der Waals surface area contributed by atoms with E-state index in [0.717, 1.165) is 31.2 Å². The van der Waals surface area contributed by atoms with Crippen LogP contribution in [0, 0.1) is 18.6 Å². The third kappa shape index (κ3) is 2.53. The van der Waals surface area contributed by atoms with Gasteiger partial charge in [-0.1, -0.05) is 30.5 Å². The molecule has 2 nitrogen and oxygen atoms in total. The van der Waals surface area contributed by atoms with Gasteiger partial charge in [0.2, 0.25) is 0 Å². The lowest BCUT2D eigenvalue weighted by molar-refractivity contribution is 0.588. The van der Waals surface area contributed by atoms with Gasteiger partial charge in [0.05, 0.1) is 11.3 Å². The predicted octanol–water partition coefficient (Wildman–Crippen LogP) is 5.04. The molecule has 0 radical (unpaired) electrons. The molecule has 1 aliphatic carbocycles. The van der Waals surface area contributed by atoms with Crippen LogP contribution >= 0.6 is 11.6 Å². The largest absolute Gasteiger partial charge is 0.206 e. The summed E-state index contributed by atoms with van der Waals surface area (Å²) in [6.07, 6.45) is 4.21. The zero-order valence-corrected chi connectivity index (χ0v) is 12.4. The highest BCUT2D eigenvalue weighted by molar-refractivity contribution is 6.32. The average Bonchev–Trinajstić information content (AvgIpc) is 2.96. The summed E-state index contributed by atoms with van der Waals surface area (Å²) in [5, 5.41) is 7.95. The van der Waals surface area contributed by atoms with Crippen LogP contribution in [0.3, 0.4) is 0 Å². The number of aryl methyl sites for hydroxylation is 1. The Hall–Kier alpha value is -1.55. The number of rotatable bonds is 2. The smallest absolute Gasteiger partial charge is 0.160 e. The second-order valence-corrected chi connectivity index (χ2v) is 5.80. The van der Waals surface area contributed by atoms with Crippen molar-refractivity contribution in [3.8, 4) is 11.1 Å². The Morgan fingerprint density at radius 1 is 1.05 bits per heavy atom. The number of hydrogen-bond acceptors (Lipinski definition) is 2. The van der Waals surface area contributed by atoms with Crippen LogP contribution in [-0.4, -0.2) is 10.2 Å². The van der Waals surface area contributed by atoms with Gasteiger partial charge in [0.15, 0.2) is 5.15 Å². The van der Waals surface area contributed by atoms with Gasteiger partial charge in [-0.05, 0) is 43.4 Å². The van der Waals surface area contributed by atoms with Crippen molar-refractivity contribution >= 4 is 11.6 Å². The van der Waals surface area contributed by atoms with E-state index in [1.165, 1.54) is 18.2 Å². The second kappa shape index (κ2) is 5.68. The predicted molar refractivity (Wildman–Crippen MR) is 78.3 cm³/mol. The van der Waals surface area contributed by atoms with E-state index in [1.54, 1.807) is 0 Å². The third-order valence-electron chi connectivity index (χ3n) is 4.13. The topological polar surface area (TPSA) is 25.8 Å². The maximum absolute atomic E-state index is 14.2. The van der Waals surface area contributed by atoms with E-state index in [0.29, 0.717) is 11.3 Å². The summed E-state index contributed by atoms with van der Waals surface area (Å²) < 4.78 is 28.3. The van der Waals surface area contributed by atoms with E-state index in [9.17, 15) is 8.78 Å². The van der Waals surface area contributed by atoms with Crippen molar-refractivity contribution < 1.29 is 8.78 Å². The van der Waals surface area contributed by atoms with Crippen molar-refractivity contribution in [3.63, 3.8) is 0 Å². The first-order valence-electron chi connectivity index (χ1n) is 7.06. The summed E-state index contributed by atoms with van der Waals surface area (Å²) in [6, 6.07) is 3.82. The van der Waals surface area contributed by atoms with Crippen LogP contribution in [0.15, 0.2) is 18.2 Å². The molecule has 1 saturated carbocycles. The zero-order chi connectivity index (χ0) is 15.0. The third-order valence-corrected chi connectivity index (χ3v) is 4.39. The van der Waals surface area contributed by atoms with E-state index in [1.807, 2.05) is 6.92 Å². The summed E-state index contributed by atoms with van der Waals surface area (Å²) in [6.45, 7) is 1.82. The van der Waals surface area contributed by atoms with Crippen LogP contribution in [0.2, 0.25) is 5.15 Å². The molecule has 21 heavy (non-hydrogen) atoms. The van der Waals surface area contributed by atoms with Crippen molar-refractivity contribution in [3.05, 3.63) is 46.2 Å². The first-order valence-corrected chi connectivity index (χ1v) is 7.44. The van der Waals surface area contributed by atoms with Gasteiger partial charge < -0.3 is 0 Å². The number of nitrogens with zero attached hydrogens (tertiary/aromatic N) is 2. The molecule has 1 aliphatic rings. The summed E-state index contributed by atoms with van der Waals surface area (Å²) >= 11 is 6.15. The fourth-order valence-electron chi connectivity index (χ4n) is 3.20. The Bertz CT molecular complexity index is 662.